The largest absolute Gasteiger partial charge is 0.389 e. The summed E-state index contributed by atoms with van der Waals surface area (Å²) in [7, 11) is 1.77. The van der Waals surface area contributed by atoms with E-state index in [1.165, 1.54) is 0 Å². The van der Waals surface area contributed by atoms with Crippen molar-refractivity contribution >= 4 is 17.5 Å². The second-order valence-corrected chi connectivity index (χ2v) is 9.62. The monoisotopic (exact) mass is 494 g/mol. The number of benzene rings is 1. The fourth-order valence-electron chi connectivity index (χ4n) is 4.60. The topological polar surface area (TPSA) is 98.6 Å². The van der Waals surface area contributed by atoms with Crippen molar-refractivity contribution in [2.75, 3.05) is 7.05 Å². The fourth-order valence-corrected chi connectivity index (χ4v) is 4.71. The van der Waals surface area contributed by atoms with Crippen LogP contribution in [0.2, 0.25) is 5.15 Å². The molecule has 0 bridgehead atoms. The molecule has 184 valence electrons. The summed E-state index contributed by atoms with van der Waals surface area (Å²) < 4.78 is 0. The van der Waals surface area contributed by atoms with E-state index in [1.54, 1.807) is 49.6 Å². The van der Waals surface area contributed by atoms with Gasteiger partial charge in [-0.1, -0.05) is 35.9 Å². The van der Waals surface area contributed by atoms with Gasteiger partial charge < -0.3 is 20.4 Å². The van der Waals surface area contributed by atoms with Crippen LogP contribution < -0.4 is 5.32 Å². The Morgan fingerprint density at radius 1 is 1.14 bits per heavy atom. The molecule has 1 unspecified atom stereocenters. The van der Waals surface area contributed by atoms with Gasteiger partial charge in [0.15, 0.2) is 0 Å². The minimum absolute atomic E-state index is 0.0649. The molecular weight excluding hydrogens is 464 g/mol. The number of aliphatic hydroxyl groups is 2. The van der Waals surface area contributed by atoms with Crippen LogP contribution in [0.4, 0.5) is 0 Å². The van der Waals surface area contributed by atoms with Crippen molar-refractivity contribution < 1.29 is 15.0 Å². The summed E-state index contributed by atoms with van der Waals surface area (Å²) >= 11 is 5.86. The van der Waals surface area contributed by atoms with E-state index in [1.807, 2.05) is 30.3 Å². The third-order valence-corrected chi connectivity index (χ3v) is 6.75. The average molecular weight is 495 g/mol. The molecule has 1 aromatic carbocycles. The molecule has 35 heavy (non-hydrogen) atoms. The summed E-state index contributed by atoms with van der Waals surface area (Å²) in [5, 5.41) is 24.5. The predicted molar refractivity (Wildman–Crippen MR) is 135 cm³/mol. The van der Waals surface area contributed by atoms with Gasteiger partial charge in [0.05, 0.1) is 12.2 Å². The van der Waals surface area contributed by atoms with E-state index in [4.69, 9.17) is 11.6 Å². The molecule has 3 heterocycles. The average Bonchev–Trinajstić information content (AvgIpc) is 3.32. The van der Waals surface area contributed by atoms with Crippen molar-refractivity contribution in [3.05, 3.63) is 94.0 Å². The number of aromatic nitrogens is 2. The van der Waals surface area contributed by atoms with E-state index in [0.717, 1.165) is 35.1 Å². The lowest BCUT2D eigenvalue weighted by atomic mass is 9.98. The molecule has 1 saturated heterocycles. The third kappa shape index (κ3) is 6.24. The van der Waals surface area contributed by atoms with Gasteiger partial charge in [-0.25, -0.2) is 4.98 Å². The first-order valence-corrected chi connectivity index (χ1v) is 12.2. The Kier molecular flexibility index (Phi) is 8.13. The molecule has 0 spiro atoms. The summed E-state index contributed by atoms with van der Waals surface area (Å²) in [6.07, 6.45) is 6.10. The summed E-state index contributed by atoms with van der Waals surface area (Å²) in [4.78, 5) is 23.3. The van der Waals surface area contributed by atoms with Gasteiger partial charge in [-0.05, 0) is 61.1 Å². The lowest BCUT2D eigenvalue weighted by Gasteiger charge is -2.22. The standard InChI is InChI=1S/C27H31ClN4O3/c1-17(33)21-11-18(13-29-14-21)16-32(2)27(35)23-6-4-3-5-19(23)12-22-8-9-24(31-22)26(34)20-7-10-25(28)30-15-20/h3-7,10-11,13-15,17,22,24,26,31,33-34H,8-9,12,16H2,1-2H3/t17?,22-,24+,26+/m0/s1. The number of hydrogen-bond acceptors (Lipinski definition) is 6. The highest BCUT2D eigenvalue weighted by Crippen LogP contribution is 2.28. The highest BCUT2D eigenvalue weighted by Gasteiger charge is 2.31. The minimum Gasteiger partial charge on any atom is -0.389 e. The molecule has 1 aliphatic rings. The number of nitrogens with one attached hydrogen (secondary N) is 1. The van der Waals surface area contributed by atoms with Crippen molar-refractivity contribution in [2.45, 2.75) is 57.0 Å². The van der Waals surface area contributed by atoms with Crippen LogP contribution in [0.3, 0.4) is 0 Å². The molecule has 2 aromatic heterocycles. The lowest BCUT2D eigenvalue weighted by Crippen LogP contribution is -2.35. The summed E-state index contributed by atoms with van der Waals surface area (Å²) in [5.74, 6) is -0.0649. The van der Waals surface area contributed by atoms with Gasteiger partial charge in [-0.2, -0.15) is 0 Å². The summed E-state index contributed by atoms with van der Waals surface area (Å²) in [6.45, 7) is 2.09. The molecule has 4 rings (SSSR count). The zero-order valence-electron chi connectivity index (χ0n) is 19.9. The van der Waals surface area contributed by atoms with Crippen LogP contribution in [-0.2, 0) is 13.0 Å². The van der Waals surface area contributed by atoms with E-state index in [9.17, 15) is 15.0 Å². The van der Waals surface area contributed by atoms with Crippen LogP contribution in [0.5, 0.6) is 0 Å². The van der Waals surface area contributed by atoms with Gasteiger partial charge in [0.25, 0.3) is 5.91 Å². The Labute approximate surface area is 210 Å². The summed E-state index contributed by atoms with van der Waals surface area (Å²) in [6, 6.07) is 13.1. The first-order chi connectivity index (χ1) is 16.8. The van der Waals surface area contributed by atoms with Crippen molar-refractivity contribution in [3.63, 3.8) is 0 Å². The number of rotatable bonds is 8. The molecule has 4 atom stereocenters. The van der Waals surface area contributed by atoms with E-state index in [2.05, 4.69) is 15.3 Å². The number of pyridine rings is 2. The maximum absolute atomic E-state index is 13.3. The van der Waals surface area contributed by atoms with Crippen LogP contribution in [-0.4, -0.2) is 50.1 Å². The zero-order valence-corrected chi connectivity index (χ0v) is 20.7. The smallest absolute Gasteiger partial charge is 0.254 e. The first-order valence-electron chi connectivity index (χ1n) is 11.8. The molecular formula is C27H31ClN4O3. The van der Waals surface area contributed by atoms with Crippen LogP contribution >= 0.6 is 11.6 Å². The number of hydrogen-bond donors (Lipinski definition) is 3. The molecule has 8 heteroatoms. The molecule has 1 amide bonds. The van der Waals surface area contributed by atoms with Gasteiger partial charge in [-0.15, -0.1) is 0 Å². The second-order valence-electron chi connectivity index (χ2n) is 9.23. The Morgan fingerprint density at radius 2 is 1.94 bits per heavy atom. The van der Waals surface area contributed by atoms with Gasteiger partial charge in [0, 0.05) is 55.4 Å². The van der Waals surface area contributed by atoms with Crippen LogP contribution in [0.25, 0.3) is 0 Å². The molecule has 7 nitrogen and oxygen atoms in total. The Morgan fingerprint density at radius 3 is 2.69 bits per heavy atom. The van der Waals surface area contributed by atoms with Crippen molar-refractivity contribution in [3.8, 4) is 0 Å². The van der Waals surface area contributed by atoms with E-state index < -0.39 is 12.2 Å². The Bertz CT molecular complexity index is 1160. The van der Waals surface area contributed by atoms with Crippen LogP contribution in [0.15, 0.2) is 61.1 Å². The van der Waals surface area contributed by atoms with Gasteiger partial charge in [0.1, 0.15) is 5.15 Å². The molecule has 3 N–H and O–H groups in total. The van der Waals surface area contributed by atoms with E-state index in [-0.39, 0.29) is 18.0 Å². The molecule has 3 aromatic rings. The maximum atomic E-state index is 13.3. The number of carbonyl (C=O) groups excluding carboxylic acids is 1. The van der Waals surface area contributed by atoms with Gasteiger partial charge in [-0.3, -0.25) is 9.78 Å². The van der Waals surface area contributed by atoms with Crippen LogP contribution in [0, 0.1) is 0 Å². The maximum Gasteiger partial charge on any atom is 0.254 e. The van der Waals surface area contributed by atoms with Gasteiger partial charge in [0.2, 0.25) is 0 Å². The second kappa shape index (κ2) is 11.3. The summed E-state index contributed by atoms with van der Waals surface area (Å²) in [5.41, 5.74) is 3.96. The first kappa shape index (κ1) is 25.3. The highest BCUT2D eigenvalue weighted by atomic mass is 35.5. The number of nitrogens with zero attached hydrogens (tertiary/aromatic N) is 3. The third-order valence-electron chi connectivity index (χ3n) is 6.53. The number of aliphatic hydroxyl groups excluding tert-OH is 2. The Balaban J connectivity index is 1.41. The number of halogens is 1. The molecule has 1 aliphatic heterocycles. The molecule has 0 saturated carbocycles. The normalized spacial score (nSPS) is 19.3. The fraction of sp³-hybridized carbons (Fsp3) is 0.370. The highest BCUT2D eigenvalue weighted by molar-refractivity contribution is 6.29. The van der Waals surface area contributed by atoms with Crippen molar-refractivity contribution in [2.24, 2.45) is 0 Å². The zero-order chi connectivity index (χ0) is 24.9. The van der Waals surface area contributed by atoms with Gasteiger partial charge >= 0.3 is 0 Å². The lowest BCUT2D eigenvalue weighted by molar-refractivity contribution is 0.0783. The molecule has 0 radical (unpaired) electrons. The predicted octanol–water partition coefficient (Wildman–Crippen LogP) is 3.85. The molecule has 1 fully saturated rings. The minimum atomic E-state index is -0.668. The van der Waals surface area contributed by atoms with Crippen molar-refractivity contribution in [1.29, 1.82) is 0 Å². The van der Waals surface area contributed by atoms with E-state index in [0.29, 0.717) is 23.7 Å². The SMILES string of the molecule is CC(O)c1cncc(CN(C)C(=O)c2ccccc2C[C@@H]2CC[C@H]([C@H](O)c3ccc(Cl)nc3)N2)c1. The number of carbonyl (C=O) groups is 1. The van der Waals surface area contributed by atoms with Crippen LogP contribution in [0.1, 0.15) is 64.6 Å². The Hall–Kier alpha value is -2.84. The quantitative estimate of drug-likeness (QED) is 0.411. The van der Waals surface area contributed by atoms with E-state index >= 15 is 0 Å². The van der Waals surface area contributed by atoms with Crippen molar-refractivity contribution in [1.82, 2.24) is 20.2 Å². The number of amides is 1. The molecule has 0 aliphatic carbocycles.